The number of hydrogen-bond donors (Lipinski definition) is 0. The molecule has 8 aromatic rings. The highest BCUT2D eigenvalue weighted by atomic mass is 16.1. The van der Waals surface area contributed by atoms with Gasteiger partial charge in [-0.05, 0) is 127 Å². The number of carbonyl (C=O) groups is 1. The summed E-state index contributed by atoms with van der Waals surface area (Å²) in [5.41, 5.74) is 16.8. The van der Waals surface area contributed by atoms with Crippen molar-refractivity contribution in [2.24, 2.45) is 0 Å². The molecule has 0 bridgehead atoms. The predicted octanol–water partition coefficient (Wildman–Crippen LogP) is 17.4. The number of ketones is 1. The van der Waals surface area contributed by atoms with Gasteiger partial charge in [-0.3, -0.25) is 4.79 Å². The maximum absolute atomic E-state index is 18.0. The summed E-state index contributed by atoms with van der Waals surface area (Å²) in [4.78, 5) is 18.0. The summed E-state index contributed by atoms with van der Waals surface area (Å²) < 4.78 is 0. The Kier molecular flexibility index (Phi) is 9.40. The van der Waals surface area contributed by atoms with Crippen LogP contribution in [-0.2, 0) is 37.3 Å². The van der Waals surface area contributed by atoms with E-state index >= 15 is 4.79 Å². The van der Waals surface area contributed by atoms with Crippen LogP contribution in [0.3, 0.4) is 0 Å². The van der Waals surface area contributed by atoms with Crippen molar-refractivity contribution in [2.75, 3.05) is 0 Å². The molecular weight excluding hydrogens is 845 g/mol. The second-order valence-corrected chi connectivity index (χ2v) is 25.2. The topological polar surface area (TPSA) is 17.1 Å². The van der Waals surface area contributed by atoms with E-state index in [9.17, 15) is 0 Å². The molecule has 8 aromatic carbocycles. The molecule has 4 atom stereocenters. The minimum absolute atomic E-state index is 0.0180. The molecule has 12 rings (SSSR count). The van der Waals surface area contributed by atoms with Gasteiger partial charge in [-0.15, -0.1) is 0 Å². The Bertz CT molecular complexity index is 3540. The number of fused-ring (bicyclic) bond motifs is 5. The molecule has 0 aliphatic heterocycles. The summed E-state index contributed by atoms with van der Waals surface area (Å²) >= 11 is 0. The van der Waals surface area contributed by atoms with Gasteiger partial charge in [0.05, 0.1) is 10.8 Å². The highest BCUT2D eigenvalue weighted by Gasteiger charge is 2.76. The Labute approximate surface area is 416 Å². The number of Topliss-reactive ketones (excluding diaryl/α,β-unsaturated/α-hetero) is 1. The molecule has 4 unspecified atom stereocenters. The molecule has 0 N–H and O–H groups in total. The Balaban J connectivity index is 1.35. The lowest BCUT2D eigenvalue weighted by atomic mass is 9.42. The van der Waals surface area contributed by atoms with Gasteiger partial charge in [0, 0.05) is 17.4 Å². The van der Waals surface area contributed by atoms with Crippen LogP contribution in [0, 0.1) is 0 Å². The average molecular weight is 911 g/mol. The van der Waals surface area contributed by atoms with Gasteiger partial charge in [-0.2, -0.15) is 0 Å². The molecule has 0 saturated heterocycles. The summed E-state index contributed by atoms with van der Waals surface area (Å²) in [5.74, 6) is -0.186. The fraction of sp³-hybridized carbons (Fsp3) is 0.290. The third-order valence-corrected chi connectivity index (χ3v) is 17.1. The molecule has 70 heavy (non-hydrogen) atoms. The smallest absolute Gasteiger partial charge is 0.176 e. The fourth-order valence-corrected chi connectivity index (χ4v) is 13.8. The lowest BCUT2D eigenvalue weighted by molar-refractivity contribution is -0.120. The van der Waals surface area contributed by atoms with Crippen molar-refractivity contribution in [2.45, 2.75) is 127 Å². The summed E-state index contributed by atoms with van der Waals surface area (Å²) in [6.45, 7) is 27.5. The van der Waals surface area contributed by atoms with Gasteiger partial charge in [0.15, 0.2) is 5.78 Å². The van der Waals surface area contributed by atoms with Crippen LogP contribution in [0.2, 0.25) is 0 Å². The SMILES string of the molecule is CC(C)(C)c1ccc(C2=C(c3ccc(C(C)(C)C)cc3)C34C(=C(c5ccc(C(C)(C)C)cc5)C5c6cccc7cccc(c67)C5C3(c3ccc(C(C)(C)C)cc3)C2=O)c2cccc3cccc4c23)cc1. The van der Waals surface area contributed by atoms with Crippen molar-refractivity contribution in [1.82, 2.24) is 0 Å². The average Bonchev–Trinajstić information content (AvgIpc) is 3.91. The van der Waals surface area contributed by atoms with E-state index in [1.54, 1.807) is 0 Å². The van der Waals surface area contributed by atoms with Crippen molar-refractivity contribution in [3.8, 4) is 0 Å². The summed E-state index contributed by atoms with van der Waals surface area (Å²) in [7, 11) is 0. The van der Waals surface area contributed by atoms with Gasteiger partial charge < -0.3 is 0 Å². The Morgan fingerprint density at radius 2 is 0.829 bits per heavy atom. The Morgan fingerprint density at radius 3 is 1.34 bits per heavy atom. The van der Waals surface area contributed by atoms with Crippen LogP contribution in [0.4, 0.5) is 0 Å². The first-order chi connectivity index (χ1) is 33.2. The van der Waals surface area contributed by atoms with E-state index in [1.807, 2.05) is 0 Å². The van der Waals surface area contributed by atoms with Crippen LogP contribution in [0.25, 0.3) is 43.8 Å². The maximum Gasteiger partial charge on any atom is 0.176 e. The first-order valence-corrected chi connectivity index (χ1v) is 25.7. The largest absolute Gasteiger partial charge is 0.293 e. The number of rotatable bonds is 4. The first kappa shape index (κ1) is 44.6. The van der Waals surface area contributed by atoms with Gasteiger partial charge in [0.1, 0.15) is 0 Å². The molecular formula is C69H66O. The highest BCUT2D eigenvalue weighted by Crippen LogP contribution is 2.81. The summed E-state index contributed by atoms with van der Waals surface area (Å²) in [6.07, 6.45) is 0. The number of allylic oxidation sites excluding steroid dienone is 4. The van der Waals surface area contributed by atoms with Crippen LogP contribution in [-0.4, -0.2) is 5.78 Å². The van der Waals surface area contributed by atoms with Gasteiger partial charge in [0.2, 0.25) is 0 Å². The zero-order valence-electron chi connectivity index (χ0n) is 43.2. The molecule has 0 radical (unpaired) electrons. The highest BCUT2D eigenvalue weighted by molar-refractivity contribution is 6.43. The van der Waals surface area contributed by atoms with Crippen LogP contribution in [0.15, 0.2) is 170 Å². The summed E-state index contributed by atoms with van der Waals surface area (Å²) in [5, 5.41) is 4.98. The normalized spacial score (nSPS) is 21.7. The minimum atomic E-state index is -1.13. The van der Waals surface area contributed by atoms with Crippen molar-refractivity contribution < 1.29 is 4.79 Å². The molecule has 4 aliphatic rings. The standard InChI is InChI=1S/C69H66O/c1-64(2,3)46-31-25-43(26-32-46)57-59-51-21-13-17-41-18-14-22-52(55(41)51)62(59)68(50-39-37-49(38-40-50)67(10,11)12)63(70)58(44-27-33-47(34-28-44)65(4,5)6)60(45-29-35-48(36-30-45)66(7,8)9)69(68)54-24-16-20-42-19-15-23-53(56(42)54)61(57)69/h13-40,59,62H,1-12H3. The molecule has 1 spiro atoms. The van der Waals surface area contributed by atoms with E-state index in [1.165, 1.54) is 82.8 Å². The molecule has 1 nitrogen and oxygen atoms in total. The first-order valence-electron chi connectivity index (χ1n) is 25.7. The molecule has 0 fully saturated rings. The quantitative estimate of drug-likeness (QED) is 0.172. The zero-order valence-corrected chi connectivity index (χ0v) is 43.2. The van der Waals surface area contributed by atoms with E-state index in [0.717, 1.165) is 27.8 Å². The van der Waals surface area contributed by atoms with E-state index in [4.69, 9.17) is 0 Å². The predicted molar refractivity (Wildman–Crippen MR) is 296 cm³/mol. The van der Waals surface area contributed by atoms with Crippen LogP contribution < -0.4 is 0 Å². The van der Waals surface area contributed by atoms with Crippen molar-refractivity contribution in [1.29, 1.82) is 0 Å². The van der Waals surface area contributed by atoms with E-state index in [0.29, 0.717) is 0 Å². The maximum atomic E-state index is 18.0. The molecule has 0 aromatic heterocycles. The second kappa shape index (κ2) is 14.7. The van der Waals surface area contributed by atoms with Gasteiger partial charge in [-0.25, -0.2) is 0 Å². The Hall–Kier alpha value is -6.57. The van der Waals surface area contributed by atoms with Gasteiger partial charge in [-0.1, -0.05) is 253 Å². The molecule has 348 valence electrons. The fourth-order valence-electron chi connectivity index (χ4n) is 13.8. The Morgan fingerprint density at radius 1 is 0.400 bits per heavy atom. The van der Waals surface area contributed by atoms with E-state index in [2.05, 4.69) is 253 Å². The van der Waals surface area contributed by atoms with Crippen LogP contribution >= 0.6 is 0 Å². The van der Waals surface area contributed by atoms with Gasteiger partial charge >= 0.3 is 0 Å². The number of carbonyl (C=O) groups excluding carboxylic acids is 1. The number of benzene rings is 8. The molecule has 4 aliphatic carbocycles. The lowest BCUT2D eigenvalue weighted by Gasteiger charge is -2.56. The third-order valence-electron chi connectivity index (χ3n) is 17.1. The second-order valence-electron chi connectivity index (χ2n) is 25.2. The number of hydrogen-bond acceptors (Lipinski definition) is 1. The monoisotopic (exact) mass is 911 g/mol. The molecule has 0 saturated carbocycles. The van der Waals surface area contributed by atoms with Crippen molar-refractivity contribution in [3.63, 3.8) is 0 Å². The molecule has 0 heterocycles. The molecule has 0 amide bonds. The van der Waals surface area contributed by atoms with Crippen molar-refractivity contribution in [3.05, 3.63) is 237 Å². The summed E-state index contributed by atoms with van der Waals surface area (Å²) in [6, 6.07) is 65.2. The van der Waals surface area contributed by atoms with Crippen LogP contribution in [0.5, 0.6) is 0 Å². The zero-order chi connectivity index (χ0) is 49.1. The van der Waals surface area contributed by atoms with E-state index < -0.39 is 10.8 Å². The van der Waals surface area contributed by atoms with Crippen LogP contribution in [0.1, 0.15) is 162 Å². The van der Waals surface area contributed by atoms with E-state index in [-0.39, 0.29) is 39.3 Å². The third kappa shape index (κ3) is 5.93. The molecule has 1 heteroatoms. The lowest BCUT2D eigenvalue weighted by Crippen LogP contribution is -2.57. The minimum Gasteiger partial charge on any atom is -0.293 e. The van der Waals surface area contributed by atoms with Gasteiger partial charge in [0.25, 0.3) is 0 Å². The van der Waals surface area contributed by atoms with Crippen molar-refractivity contribution >= 4 is 49.6 Å².